The Labute approximate surface area is 94.3 Å². The number of rotatable bonds is 1. The molecule has 2 aliphatic carbocycles. The molecule has 0 radical (unpaired) electrons. The van der Waals surface area contributed by atoms with Crippen molar-refractivity contribution in [1.82, 2.24) is 0 Å². The second-order valence-electron chi connectivity index (χ2n) is 6.23. The first-order valence-electron chi connectivity index (χ1n) is 6.79. The Morgan fingerprint density at radius 3 is 2.07 bits per heavy atom. The van der Waals surface area contributed by atoms with Crippen LogP contribution < -0.4 is 0 Å². The van der Waals surface area contributed by atoms with E-state index in [2.05, 4.69) is 13.8 Å². The fourth-order valence-electron chi connectivity index (χ4n) is 3.90. The Kier molecular flexibility index (Phi) is 3.12. The normalized spacial score (nSPS) is 44.2. The van der Waals surface area contributed by atoms with Crippen LogP contribution in [-0.2, 0) is 0 Å². The van der Waals surface area contributed by atoms with Crippen molar-refractivity contribution >= 4 is 0 Å². The minimum atomic E-state index is -0.409. The van der Waals surface area contributed by atoms with Crippen LogP contribution in [0.15, 0.2) is 0 Å². The van der Waals surface area contributed by atoms with Crippen molar-refractivity contribution in [2.24, 2.45) is 11.3 Å². The maximum absolute atomic E-state index is 10.6. The van der Waals surface area contributed by atoms with Crippen molar-refractivity contribution in [3.8, 4) is 0 Å². The molecule has 2 aliphatic rings. The molecule has 0 saturated heterocycles. The van der Waals surface area contributed by atoms with Crippen LogP contribution >= 0.6 is 0 Å². The van der Waals surface area contributed by atoms with Crippen LogP contribution in [0.3, 0.4) is 0 Å². The third kappa shape index (κ3) is 1.95. The van der Waals surface area contributed by atoms with E-state index >= 15 is 0 Å². The molecule has 0 amide bonds. The van der Waals surface area contributed by atoms with E-state index in [-0.39, 0.29) is 5.41 Å². The van der Waals surface area contributed by atoms with Gasteiger partial charge in [0, 0.05) is 0 Å². The predicted molar refractivity (Wildman–Crippen MR) is 63.8 cm³/mol. The highest BCUT2D eigenvalue weighted by atomic mass is 16.3. The summed E-state index contributed by atoms with van der Waals surface area (Å²) in [6.45, 7) is 4.43. The van der Waals surface area contributed by atoms with E-state index in [1.807, 2.05) is 0 Å². The number of aliphatic hydroxyl groups is 1. The van der Waals surface area contributed by atoms with E-state index in [0.29, 0.717) is 0 Å². The standard InChI is InChI=1S/C14H26O/c1-13(12-8-4-3-5-9-12)10-6-7-11-14(13,2)15/h12,15H,3-11H2,1-2H3. The van der Waals surface area contributed by atoms with Gasteiger partial charge in [0.2, 0.25) is 0 Å². The third-order valence-corrected chi connectivity index (χ3v) is 5.35. The molecule has 0 aliphatic heterocycles. The highest BCUT2D eigenvalue weighted by molar-refractivity contribution is 5.00. The maximum Gasteiger partial charge on any atom is 0.0675 e. The molecule has 0 spiro atoms. The fraction of sp³-hybridized carbons (Fsp3) is 1.00. The lowest BCUT2D eigenvalue weighted by atomic mass is 9.56. The van der Waals surface area contributed by atoms with Gasteiger partial charge in [-0.1, -0.05) is 39.0 Å². The zero-order valence-electron chi connectivity index (χ0n) is 10.4. The molecule has 88 valence electrons. The Balaban J connectivity index is 2.14. The van der Waals surface area contributed by atoms with Gasteiger partial charge in [-0.05, 0) is 43.9 Å². The molecule has 2 saturated carbocycles. The highest BCUT2D eigenvalue weighted by Gasteiger charge is 2.49. The molecular formula is C14H26O. The molecule has 1 N–H and O–H groups in total. The Hall–Kier alpha value is -0.0400. The molecule has 2 unspecified atom stereocenters. The zero-order valence-corrected chi connectivity index (χ0v) is 10.4. The first-order chi connectivity index (χ1) is 7.06. The average molecular weight is 210 g/mol. The first kappa shape index (κ1) is 11.4. The van der Waals surface area contributed by atoms with Crippen molar-refractivity contribution in [2.45, 2.75) is 77.2 Å². The summed E-state index contributed by atoms with van der Waals surface area (Å²) < 4.78 is 0. The monoisotopic (exact) mass is 210 g/mol. The fourth-order valence-corrected chi connectivity index (χ4v) is 3.90. The van der Waals surface area contributed by atoms with Gasteiger partial charge in [0.25, 0.3) is 0 Å². The summed E-state index contributed by atoms with van der Waals surface area (Å²) in [4.78, 5) is 0. The van der Waals surface area contributed by atoms with E-state index in [9.17, 15) is 5.11 Å². The molecule has 1 nitrogen and oxygen atoms in total. The molecule has 0 bridgehead atoms. The quantitative estimate of drug-likeness (QED) is 0.696. The van der Waals surface area contributed by atoms with E-state index in [1.165, 1.54) is 51.4 Å². The molecule has 1 heteroatoms. The lowest BCUT2D eigenvalue weighted by molar-refractivity contribution is -0.128. The molecule has 0 aromatic heterocycles. The van der Waals surface area contributed by atoms with Crippen molar-refractivity contribution in [3.63, 3.8) is 0 Å². The van der Waals surface area contributed by atoms with Crippen molar-refractivity contribution in [3.05, 3.63) is 0 Å². The lowest BCUT2D eigenvalue weighted by Gasteiger charge is -2.52. The molecule has 2 fully saturated rings. The van der Waals surface area contributed by atoms with Gasteiger partial charge in [-0.3, -0.25) is 0 Å². The largest absolute Gasteiger partial charge is 0.390 e. The van der Waals surface area contributed by atoms with Crippen molar-refractivity contribution < 1.29 is 5.11 Å². The molecule has 2 atom stereocenters. The van der Waals surface area contributed by atoms with Gasteiger partial charge in [-0.25, -0.2) is 0 Å². The van der Waals surface area contributed by atoms with Crippen LogP contribution in [0, 0.1) is 11.3 Å². The predicted octanol–water partition coefficient (Wildman–Crippen LogP) is 3.90. The lowest BCUT2D eigenvalue weighted by Crippen LogP contribution is -2.51. The highest BCUT2D eigenvalue weighted by Crippen LogP contribution is 2.52. The minimum Gasteiger partial charge on any atom is -0.390 e. The van der Waals surface area contributed by atoms with E-state index in [4.69, 9.17) is 0 Å². The second kappa shape index (κ2) is 4.08. The summed E-state index contributed by atoms with van der Waals surface area (Å²) in [6.07, 6.45) is 11.7. The van der Waals surface area contributed by atoms with Crippen LogP contribution in [0.2, 0.25) is 0 Å². The van der Waals surface area contributed by atoms with Gasteiger partial charge >= 0.3 is 0 Å². The minimum absolute atomic E-state index is 0.200. The SMILES string of the molecule is CC1(O)CCCCC1(C)C1CCCCC1. The molecule has 0 heterocycles. The first-order valence-corrected chi connectivity index (χ1v) is 6.79. The van der Waals surface area contributed by atoms with Crippen molar-refractivity contribution in [2.75, 3.05) is 0 Å². The van der Waals surface area contributed by atoms with E-state index in [0.717, 1.165) is 12.3 Å². The topological polar surface area (TPSA) is 20.2 Å². The third-order valence-electron chi connectivity index (χ3n) is 5.35. The molecule has 0 aromatic carbocycles. The number of hydrogen-bond donors (Lipinski definition) is 1. The van der Waals surface area contributed by atoms with E-state index in [1.54, 1.807) is 0 Å². The summed E-state index contributed by atoms with van der Waals surface area (Å²) in [5.41, 5.74) is -0.209. The smallest absolute Gasteiger partial charge is 0.0675 e. The summed E-state index contributed by atoms with van der Waals surface area (Å²) in [5.74, 6) is 0.779. The molecule has 2 rings (SSSR count). The molecule has 15 heavy (non-hydrogen) atoms. The Morgan fingerprint density at radius 1 is 0.867 bits per heavy atom. The average Bonchev–Trinajstić information content (AvgIpc) is 2.24. The summed E-state index contributed by atoms with van der Waals surface area (Å²) in [5, 5.41) is 10.6. The molecule has 0 aromatic rings. The van der Waals surface area contributed by atoms with Crippen molar-refractivity contribution in [1.29, 1.82) is 0 Å². The number of hydrogen-bond acceptors (Lipinski definition) is 1. The molecular weight excluding hydrogens is 184 g/mol. The van der Waals surface area contributed by atoms with Gasteiger partial charge in [0.15, 0.2) is 0 Å². The zero-order chi connectivity index (χ0) is 10.9. The van der Waals surface area contributed by atoms with E-state index < -0.39 is 5.60 Å². The van der Waals surface area contributed by atoms with Crippen LogP contribution in [-0.4, -0.2) is 10.7 Å². The Morgan fingerprint density at radius 2 is 1.47 bits per heavy atom. The summed E-state index contributed by atoms with van der Waals surface area (Å²) in [7, 11) is 0. The van der Waals surface area contributed by atoms with Crippen LogP contribution in [0.1, 0.15) is 71.6 Å². The van der Waals surface area contributed by atoms with Gasteiger partial charge < -0.3 is 5.11 Å². The summed E-state index contributed by atoms with van der Waals surface area (Å²) in [6, 6.07) is 0. The Bertz CT molecular complexity index is 215. The van der Waals surface area contributed by atoms with Gasteiger partial charge in [0.1, 0.15) is 0 Å². The van der Waals surface area contributed by atoms with Gasteiger partial charge in [-0.2, -0.15) is 0 Å². The van der Waals surface area contributed by atoms with Gasteiger partial charge in [0.05, 0.1) is 5.60 Å². The van der Waals surface area contributed by atoms with Crippen LogP contribution in [0.5, 0.6) is 0 Å². The maximum atomic E-state index is 10.6. The van der Waals surface area contributed by atoms with Gasteiger partial charge in [-0.15, -0.1) is 0 Å². The van der Waals surface area contributed by atoms with Crippen LogP contribution in [0.4, 0.5) is 0 Å². The second-order valence-corrected chi connectivity index (χ2v) is 6.23. The van der Waals surface area contributed by atoms with Crippen LogP contribution in [0.25, 0.3) is 0 Å². The summed E-state index contributed by atoms with van der Waals surface area (Å²) >= 11 is 0.